The molecule has 0 fully saturated rings. The van der Waals surface area contributed by atoms with E-state index in [1.807, 2.05) is 0 Å². The molecule has 0 aliphatic carbocycles. The Hall–Kier alpha value is -4.40. The van der Waals surface area contributed by atoms with Crippen LogP contribution in [0.25, 0.3) is 16.8 Å². The number of carbonyl (C=O) groups excluding carboxylic acids is 2. The fourth-order valence-corrected chi connectivity index (χ4v) is 3.34. The molecule has 4 rings (SSSR count). The van der Waals surface area contributed by atoms with E-state index >= 15 is 0 Å². The van der Waals surface area contributed by atoms with Crippen molar-refractivity contribution in [3.8, 4) is 11.3 Å². The SMILES string of the molecule is CCOC(=O)c1cc(C(=O)c2ccc([N+](=O)[O-])cc2)n2cnc(-c3ccccc3F)cc12. The Morgan fingerprint density at radius 2 is 1.84 bits per heavy atom. The van der Waals surface area contributed by atoms with E-state index in [9.17, 15) is 24.1 Å². The molecule has 0 N–H and O–H groups in total. The van der Waals surface area contributed by atoms with Gasteiger partial charge in [-0.1, -0.05) is 12.1 Å². The van der Waals surface area contributed by atoms with Crippen molar-refractivity contribution in [2.75, 3.05) is 6.61 Å². The van der Waals surface area contributed by atoms with Crippen molar-refractivity contribution in [2.45, 2.75) is 6.92 Å². The molecule has 32 heavy (non-hydrogen) atoms. The number of nitro benzene ring substituents is 1. The minimum atomic E-state index is -0.640. The maximum Gasteiger partial charge on any atom is 0.340 e. The number of nitro groups is 1. The maximum absolute atomic E-state index is 14.3. The van der Waals surface area contributed by atoms with Gasteiger partial charge in [0.25, 0.3) is 5.69 Å². The lowest BCUT2D eigenvalue weighted by molar-refractivity contribution is -0.384. The highest BCUT2D eigenvalue weighted by atomic mass is 19.1. The molecule has 0 amide bonds. The van der Waals surface area contributed by atoms with Crippen LogP contribution in [-0.4, -0.2) is 32.7 Å². The van der Waals surface area contributed by atoms with Gasteiger partial charge in [-0.15, -0.1) is 0 Å². The lowest BCUT2D eigenvalue weighted by atomic mass is 10.1. The molecule has 0 aliphatic heterocycles. The Labute approximate surface area is 181 Å². The topological polar surface area (TPSA) is 104 Å². The molecule has 160 valence electrons. The first-order chi connectivity index (χ1) is 15.4. The zero-order valence-electron chi connectivity index (χ0n) is 16.8. The number of aromatic nitrogens is 2. The molecule has 0 atom stereocenters. The Balaban J connectivity index is 1.86. The van der Waals surface area contributed by atoms with Gasteiger partial charge in [-0.3, -0.25) is 19.3 Å². The van der Waals surface area contributed by atoms with Gasteiger partial charge >= 0.3 is 5.97 Å². The lowest BCUT2D eigenvalue weighted by Gasteiger charge is -2.06. The number of hydrogen-bond donors (Lipinski definition) is 0. The van der Waals surface area contributed by atoms with Crippen LogP contribution in [0.4, 0.5) is 10.1 Å². The molecule has 0 aliphatic rings. The third-order valence-electron chi connectivity index (χ3n) is 4.88. The monoisotopic (exact) mass is 433 g/mol. The van der Waals surface area contributed by atoms with Crippen molar-refractivity contribution in [3.63, 3.8) is 0 Å². The van der Waals surface area contributed by atoms with Gasteiger partial charge in [0.05, 0.1) is 34.0 Å². The molecule has 4 aromatic rings. The van der Waals surface area contributed by atoms with Crippen LogP contribution < -0.4 is 0 Å². The number of benzene rings is 2. The summed E-state index contributed by atoms with van der Waals surface area (Å²) in [5.41, 5.74) is 1.14. The fraction of sp³-hybridized carbons (Fsp3) is 0.0870. The number of ether oxygens (including phenoxy) is 1. The number of esters is 1. The van der Waals surface area contributed by atoms with Crippen LogP contribution in [0.5, 0.6) is 0 Å². The van der Waals surface area contributed by atoms with E-state index in [2.05, 4.69) is 4.98 Å². The van der Waals surface area contributed by atoms with Gasteiger partial charge in [0.15, 0.2) is 0 Å². The number of fused-ring (bicyclic) bond motifs is 1. The summed E-state index contributed by atoms with van der Waals surface area (Å²) in [5, 5.41) is 10.9. The predicted octanol–water partition coefficient (Wildman–Crippen LogP) is 4.46. The van der Waals surface area contributed by atoms with Crippen molar-refractivity contribution in [1.82, 2.24) is 9.38 Å². The van der Waals surface area contributed by atoms with Gasteiger partial charge < -0.3 is 4.74 Å². The number of ketones is 1. The molecule has 0 spiro atoms. The van der Waals surface area contributed by atoms with Gasteiger partial charge in [-0.05, 0) is 43.3 Å². The summed E-state index contributed by atoms with van der Waals surface area (Å²) in [6, 6.07) is 14.1. The smallest absolute Gasteiger partial charge is 0.340 e. The normalized spacial score (nSPS) is 10.8. The molecule has 2 heterocycles. The van der Waals surface area contributed by atoms with Crippen molar-refractivity contribution < 1.29 is 23.6 Å². The van der Waals surface area contributed by atoms with Crippen LogP contribution >= 0.6 is 0 Å². The molecule has 0 bridgehead atoms. The van der Waals surface area contributed by atoms with E-state index in [4.69, 9.17) is 4.74 Å². The first-order valence-electron chi connectivity index (χ1n) is 9.63. The molecule has 2 aromatic carbocycles. The average molecular weight is 433 g/mol. The molecule has 2 aromatic heterocycles. The third kappa shape index (κ3) is 3.71. The number of nitrogens with zero attached hydrogens (tertiary/aromatic N) is 3. The quantitative estimate of drug-likeness (QED) is 0.193. The number of carbonyl (C=O) groups is 2. The zero-order valence-corrected chi connectivity index (χ0v) is 16.8. The van der Waals surface area contributed by atoms with Crippen molar-refractivity contribution in [2.24, 2.45) is 0 Å². The second-order valence-corrected chi connectivity index (χ2v) is 6.81. The van der Waals surface area contributed by atoms with Crippen LogP contribution in [0.3, 0.4) is 0 Å². The van der Waals surface area contributed by atoms with Gasteiger partial charge in [-0.25, -0.2) is 14.2 Å². The van der Waals surface area contributed by atoms with Crippen molar-refractivity contribution >= 4 is 23.0 Å². The van der Waals surface area contributed by atoms with E-state index in [1.165, 1.54) is 53.2 Å². The fourth-order valence-electron chi connectivity index (χ4n) is 3.34. The second kappa shape index (κ2) is 8.38. The largest absolute Gasteiger partial charge is 0.462 e. The van der Waals surface area contributed by atoms with Crippen LogP contribution in [0.15, 0.2) is 67.0 Å². The summed E-state index contributed by atoms with van der Waals surface area (Å²) in [6.45, 7) is 1.79. The summed E-state index contributed by atoms with van der Waals surface area (Å²) in [5.74, 6) is -1.58. The maximum atomic E-state index is 14.3. The standard InChI is InChI=1S/C23H16FN3O5/c1-2-32-23(29)17-11-21(22(28)14-7-9-15(10-8-14)27(30)31)26-13-25-19(12-20(17)26)16-5-3-4-6-18(16)24/h3-13H,2H2,1H3. The highest BCUT2D eigenvalue weighted by Gasteiger charge is 2.23. The number of hydrogen-bond acceptors (Lipinski definition) is 6. The minimum absolute atomic E-state index is 0.115. The Morgan fingerprint density at radius 1 is 1.12 bits per heavy atom. The van der Waals surface area contributed by atoms with Crippen LogP contribution in [0.2, 0.25) is 0 Å². The molecule has 8 nitrogen and oxygen atoms in total. The third-order valence-corrected chi connectivity index (χ3v) is 4.88. The van der Waals surface area contributed by atoms with Crippen LogP contribution in [0.1, 0.15) is 33.3 Å². The molecule has 0 unspecified atom stereocenters. The van der Waals surface area contributed by atoms with Gasteiger partial charge in [0.2, 0.25) is 5.78 Å². The number of halogens is 1. The highest BCUT2D eigenvalue weighted by molar-refractivity contribution is 6.11. The summed E-state index contributed by atoms with van der Waals surface area (Å²) in [7, 11) is 0. The number of rotatable bonds is 6. The predicted molar refractivity (Wildman–Crippen MR) is 113 cm³/mol. The summed E-state index contributed by atoms with van der Waals surface area (Å²) in [6.07, 6.45) is 1.33. The molecule has 9 heteroatoms. The van der Waals surface area contributed by atoms with Crippen LogP contribution in [0, 0.1) is 15.9 Å². The Bertz CT molecular complexity index is 1360. The molecular weight excluding hydrogens is 417 g/mol. The Morgan fingerprint density at radius 3 is 2.50 bits per heavy atom. The van der Waals surface area contributed by atoms with Gasteiger partial charge in [-0.2, -0.15) is 0 Å². The van der Waals surface area contributed by atoms with E-state index in [1.54, 1.807) is 25.1 Å². The second-order valence-electron chi connectivity index (χ2n) is 6.81. The zero-order chi connectivity index (χ0) is 22.8. The molecule has 0 saturated carbocycles. The van der Waals surface area contributed by atoms with E-state index < -0.39 is 22.5 Å². The first-order valence-corrected chi connectivity index (χ1v) is 9.63. The van der Waals surface area contributed by atoms with E-state index in [-0.39, 0.29) is 40.4 Å². The highest BCUT2D eigenvalue weighted by Crippen LogP contribution is 2.27. The summed E-state index contributed by atoms with van der Waals surface area (Å²) >= 11 is 0. The lowest BCUT2D eigenvalue weighted by Crippen LogP contribution is -2.06. The molecular formula is C23H16FN3O5. The van der Waals surface area contributed by atoms with Gasteiger partial charge in [0.1, 0.15) is 12.1 Å². The van der Waals surface area contributed by atoms with Crippen LogP contribution in [-0.2, 0) is 4.74 Å². The van der Waals surface area contributed by atoms with Crippen molar-refractivity contribution in [1.29, 1.82) is 0 Å². The van der Waals surface area contributed by atoms with E-state index in [0.29, 0.717) is 5.52 Å². The summed E-state index contributed by atoms with van der Waals surface area (Å²) < 4.78 is 20.8. The molecule has 0 saturated heterocycles. The molecule has 0 radical (unpaired) electrons. The average Bonchev–Trinajstić information content (AvgIpc) is 3.18. The van der Waals surface area contributed by atoms with Gasteiger partial charge in [0, 0.05) is 23.3 Å². The number of non-ortho nitro benzene ring substituents is 1. The Kier molecular flexibility index (Phi) is 5.46. The van der Waals surface area contributed by atoms with Crippen molar-refractivity contribution in [3.05, 3.63) is 99.7 Å². The minimum Gasteiger partial charge on any atom is -0.462 e. The summed E-state index contributed by atoms with van der Waals surface area (Å²) in [4.78, 5) is 40.2. The first kappa shape index (κ1) is 20.9. The van der Waals surface area contributed by atoms with E-state index in [0.717, 1.165) is 0 Å².